The number of imidazole rings is 1. The zero-order chi connectivity index (χ0) is 30.2. The lowest BCUT2D eigenvalue weighted by Crippen LogP contribution is -2.24. The maximum absolute atomic E-state index is 12.8. The maximum Gasteiger partial charge on any atom is 0.387 e. The van der Waals surface area contributed by atoms with Gasteiger partial charge in [-0.3, -0.25) is 4.90 Å². The topological polar surface area (TPSA) is 30.3 Å². The molecule has 4 aromatic carbocycles. The molecule has 0 bridgehead atoms. The monoisotopic (exact) mass is 579 g/mol. The second-order valence-corrected chi connectivity index (χ2v) is 11.1. The van der Waals surface area contributed by atoms with Crippen LogP contribution in [0.4, 0.5) is 8.78 Å². The Labute approximate surface area is 253 Å². The van der Waals surface area contributed by atoms with Gasteiger partial charge in [-0.15, -0.1) is 0 Å². The molecule has 4 nitrogen and oxygen atoms in total. The molecular formula is C37H39F2N3O. The minimum Gasteiger partial charge on any atom is -0.435 e. The Balaban J connectivity index is 1.59. The summed E-state index contributed by atoms with van der Waals surface area (Å²) in [5.41, 5.74) is 9.01. The van der Waals surface area contributed by atoms with E-state index in [0.29, 0.717) is 13.1 Å². The molecule has 0 aliphatic heterocycles. The van der Waals surface area contributed by atoms with Crippen molar-refractivity contribution >= 4 is 0 Å². The summed E-state index contributed by atoms with van der Waals surface area (Å²) in [6.07, 6.45) is 2.12. The Morgan fingerprint density at radius 2 is 1.42 bits per heavy atom. The molecular weight excluding hydrogens is 540 g/mol. The van der Waals surface area contributed by atoms with Crippen molar-refractivity contribution in [3.63, 3.8) is 0 Å². The number of aromatic nitrogens is 2. The lowest BCUT2D eigenvalue weighted by molar-refractivity contribution is -0.0498. The Hall–Kier alpha value is -4.29. The molecule has 0 saturated carbocycles. The van der Waals surface area contributed by atoms with Crippen LogP contribution in [0.3, 0.4) is 0 Å². The van der Waals surface area contributed by atoms with E-state index < -0.39 is 6.61 Å². The molecule has 0 aliphatic rings. The fourth-order valence-electron chi connectivity index (χ4n) is 5.52. The molecule has 0 unspecified atom stereocenters. The van der Waals surface area contributed by atoms with Gasteiger partial charge in [-0.2, -0.15) is 8.78 Å². The van der Waals surface area contributed by atoms with Gasteiger partial charge in [-0.1, -0.05) is 109 Å². The van der Waals surface area contributed by atoms with Gasteiger partial charge in [0.05, 0.1) is 11.4 Å². The summed E-state index contributed by atoms with van der Waals surface area (Å²) >= 11 is 0. The molecule has 222 valence electrons. The molecule has 0 fully saturated rings. The van der Waals surface area contributed by atoms with Crippen LogP contribution in [0, 0.1) is 13.8 Å². The first-order valence-corrected chi connectivity index (χ1v) is 14.9. The smallest absolute Gasteiger partial charge is 0.387 e. The van der Waals surface area contributed by atoms with E-state index in [2.05, 4.69) is 108 Å². The zero-order valence-corrected chi connectivity index (χ0v) is 25.1. The minimum atomic E-state index is -2.84. The number of aryl methyl sites for hydroxylation is 2. The number of unbranched alkanes of at least 4 members (excludes halogenated alkanes) is 1. The summed E-state index contributed by atoms with van der Waals surface area (Å²) in [6, 6.07) is 34.5. The van der Waals surface area contributed by atoms with E-state index in [1.165, 1.54) is 22.4 Å². The molecule has 43 heavy (non-hydrogen) atoms. The van der Waals surface area contributed by atoms with Crippen molar-refractivity contribution in [3.8, 4) is 28.4 Å². The summed E-state index contributed by atoms with van der Waals surface area (Å²) < 4.78 is 32.5. The van der Waals surface area contributed by atoms with Crippen molar-refractivity contribution in [2.24, 2.45) is 0 Å². The number of hydrogen-bond acceptors (Lipinski definition) is 3. The molecule has 1 aromatic heterocycles. The van der Waals surface area contributed by atoms with Gasteiger partial charge in [0.2, 0.25) is 0 Å². The third kappa shape index (κ3) is 7.96. The Morgan fingerprint density at radius 3 is 2.09 bits per heavy atom. The van der Waals surface area contributed by atoms with Gasteiger partial charge < -0.3 is 9.30 Å². The van der Waals surface area contributed by atoms with Gasteiger partial charge in [0.15, 0.2) is 0 Å². The van der Waals surface area contributed by atoms with E-state index in [0.717, 1.165) is 54.1 Å². The maximum atomic E-state index is 12.8. The highest BCUT2D eigenvalue weighted by atomic mass is 19.3. The summed E-state index contributed by atoms with van der Waals surface area (Å²) in [6.45, 7) is 6.48. The van der Waals surface area contributed by atoms with Crippen LogP contribution >= 0.6 is 0 Å². The van der Waals surface area contributed by atoms with Crippen molar-refractivity contribution in [2.45, 2.75) is 66.4 Å². The largest absolute Gasteiger partial charge is 0.435 e. The molecule has 0 spiro atoms. The second-order valence-electron chi connectivity index (χ2n) is 11.1. The first-order valence-electron chi connectivity index (χ1n) is 14.9. The van der Waals surface area contributed by atoms with Crippen LogP contribution < -0.4 is 4.74 Å². The number of benzene rings is 4. The molecule has 5 rings (SSSR count). The van der Waals surface area contributed by atoms with Crippen LogP contribution in [0.15, 0.2) is 103 Å². The molecule has 0 saturated heterocycles. The lowest BCUT2D eigenvalue weighted by atomic mass is 10.1. The third-order valence-corrected chi connectivity index (χ3v) is 7.55. The number of ether oxygens (including phenoxy) is 1. The van der Waals surface area contributed by atoms with Crippen molar-refractivity contribution in [2.75, 3.05) is 0 Å². The molecule has 0 amide bonds. The minimum absolute atomic E-state index is 0.163. The van der Waals surface area contributed by atoms with Crippen molar-refractivity contribution in [3.05, 3.63) is 131 Å². The number of alkyl halides is 2. The van der Waals surface area contributed by atoms with Gasteiger partial charge in [-0.25, -0.2) is 4.98 Å². The van der Waals surface area contributed by atoms with E-state index in [4.69, 9.17) is 4.98 Å². The number of nitrogens with zero attached hydrogens (tertiary/aromatic N) is 3. The standard InChI is InChI=1S/C37H39F2N3O/c1-4-5-21-42-34(35(32-16-10-12-28(3)23-32)40-36(42)31-14-7-6-8-15-31)26-41(25-30-13-9-11-27(2)22-30)24-29-17-19-33(20-18-29)43-37(38)39/h6-20,22-23,37H,4-5,21,24-26H2,1-3H3. The predicted molar refractivity (Wildman–Crippen MR) is 170 cm³/mol. The zero-order valence-electron chi connectivity index (χ0n) is 25.1. The highest BCUT2D eigenvalue weighted by Gasteiger charge is 2.22. The fraction of sp³-hybridized carbons (Fsp3) is 0.270. The van der Waals surface area contributed by atoms with Crippen LogP contribution in [-0.4, -0.2) is 21.1 Å². The van der Waals surface area contributed by atoms with Crippen LogP contribution in [0.2, 0.25) is 0 Å². The summed E-state index contributed by atoms with van der Waals surface area (Å²) in [7, 11) is 0. The second kappa shape index (κ2) is 14.3. The third-order valence-electron chi connectivity index (χ3n) is 7.55. The Morgan fingerprint density at radius 1 is 0.744 bits per heavy atom. The van der Waals surface area contributed by atoms with E-state index in [-0.39, 0.29) is 5.75 Å². The first kappa shape index (κ1) is 30.2. The average Bonchev–Trinajstić information content (AvgIpc) is 3.35. The summed E-state index contributed by atoms with van der Waals surface area (Å²) in [5.74, 6) is 1.14. The van der Waals surface area contributed by atoms with Gasteiger partial charge in [0, 0.05) is 37.3 Å². The van der Waals surface area contributed by atoms with Crippen LogP contribution in [0.1, 0.15) is 47.7 Å². The Bertz CT molecular complexity index is 1610. The Kier molecular flexibility index (Phi) is 10.0. The molecule has 5 aromatic rings. The van der Waals surface area contributed by atoms with Gasteiger partial charge in [0.1, 0.15) is 11.6 Å². The molecule has 0 aliphatic carbocycles. The number of hydrogen-bond donors (Lipinski definition) is 0. The quantitative estimate of drug-likeness (QED) is 0.139. The van der Waals surface area contributed by atoms with Gasteiger partial charge in [-0.05, 0) is 49.6 Å². The number of rotatable bonds is 13. The van der Waals surface area contributed by atoms with E-state index in [1.54, 1.807) is 12.1 Å². The summed E-state index contributed by atoms with van der Waals surface area (Å²) in [5, 5.41) is 0. The average molecular weight is 580 g/mol. The molecule has 1 heterocycles. The molecule has 6 heteroatoms. The van der Waals surface area contributed by atoms with E-state index in [9.17, 15) is 8.78 Å². The van der Waals surface area contributed by atoms with Crippen molar-refractivity contribution in [1.29, 1.82) is 0 Å². The normalized spacial score (nSPS) is 11.4. The first-order chi connectivity index (χ1) is 20.9. The number of halogens is 2. The molecule has 0 atom stereocenters. The van der Waals surface area contributed by atoms with Crippen molar-refractivity contribution < 1.29 is 13.5 Å². The highest BCUT2D eigenvalue weighted by molar-refractivity contribution is 5.69. The molecule has 0 radical (unpaired) electrons. The van der Waals surface area contributed by atoms with E-state index >= 15 is 0 Å². The van der Waals surface area contributed by atoms with Crippen LogP contribution in [0.25, 0.3) is 22.6 Å². The van der Waals surface area contributed by atoms with Crippen LogP contribution in [-0.2, 0) is 26.2 Å². The van der Waals surface area contributed by atoms with Gasteiger partial charge in [0.25, 0.3) is 0 Å². The van der Waals surface area contributed by atoms with Crippen molar-refractivity contribution in [1.82, 2.24) is 14.5 Å². The lowest BCUT2D eigenvalue weighted by Gasteiger charge is -2.25. The van der Waals surface area contributed by atoms with Gasteiger partial charge >= 0.3 is 6.61 Å². The SMILES string of the molecule is CCCCn1c(-c2ccccc2)nc(-c2cccc(C)c2)c1CN(Cc1ccc(OC(F)F)cc1)Cc1cccc(C)c1. The van der Waals surface area contributed by atoms with E-state index in [1.807, 2.05) is 18.2 Å². The summed E-state index contributed by atoms with van der Waals surface area (Å²) in [4.78, 5) is 7.72. The fourth-order valence-corrected chi connectivity index (χ4v) is 5.52. The van der Waals surface area contributed by atoms with Crippen LogP contribution in [0.5, 0.6) is 5.75 Å². The molecule has 0 N–H and O–H groups in total. The highest BCUT2D eigenvalue weighted by Crippen LogP contribution is 2.32. The predicted octanol–water partition coefficient (Wildman–Crippen LogP) is 9.44.